The van der Waals surface area contributed by atoms with Crippen molar-refractivity contribution in [2.75, 3.05) is 0 Å². The van der Waals surface area contributed by atoms with Crippen LogP contribution in [0.15, 0.2) is 55.1 Å². The number of carbonyl (C=O) groups is 1. The molecule has 2 aromatic heterocycles. The number of benzene rings is 2. The first-order valence-electron chi connectivity index (χ1n) is 10.1. The Morgan fingerprint density at radius 2 is 1.88 bits per heavy atom. The normalized spacial score (nSPS) is 12.0. The SMILES string of the molecule is Cc1nn(-c2ccc(Cl)cc2Cl)c(C)c1CC(=O)NC(C)c1ccc(-n2cncn2)cc1. The molecule has 4 rings (SSSR count). The van der Waals surface area contributed by atoms with E-state index in [1.54, 1.807) is 27.8 Å². The van der Waals surface area contributed by atoms with Crippen molar-refractivity contribution < 1.29 is 4.79 Å². The Labute approximate surface area is 196 Å². The van der Waals surface area contributed by atoms with Crippen LogP contribution in [0.2, 0.25) is 10.0 Å². The van der Waals surface area contributed by atoms with E-state index < -0.39 is 0 Å². The zero-order valence-corrected chi connectivity index (χ0v) is 19.4. The van der Waals surface area contributed by atoms with Crippen molar-refractivity contribution in [1.82, 2.24) is 29.9 Å². The summed E-state index contributed by atoms with van der Waals surface area (Å²) in [5.74, 6) is -0.0780. The van der Waals surface area contributed by atoms with Gasteiger partial charge in [-0.05, 0) is 56.7 Å². The van der Waals surface area contributed by atoms with Crippen LogP contribution in [-0.2, 0) is 11.2 Å². The van der Waals surface area contributed by atoms with E-state index in [0.717, 1.165) is 33.9 Å². The Bertz CT molecular complexity index is 1250. The van der Waals surface area contributed by atoms with Crippen LogP contribution in [0.25, 0.3) is 11.4 Å². The predicted octanol–water partition coefficient (Wildman–Crippen LogP) is 4.80. The number of hydrogen-bond acceptors (Lipinski definition) is 4. The van der Waals surface area contributed by atoms with Gasteiger partial charge in [-0.15, -0.1) is 0 Å². The van der Waals surface area contributed by atoms with Gasteiger partial charge in [0.2, 0.25) is 5.91 Å². The third-order valence-corrected chi connectivity index (χ3v) is 5.91. The summed E-state index contributed by atoms with van der Waals surface area (Å²) in [4.78, 5) is 16.8. The van der Waals surface area contributed by atoms with Gasteiger partial charge in [0.05, 0.1) is 34.6 Å². The molecular formula is C23H22Cl2N6O. The first kappa shape index (κ1) is 22.0. The lowest BCUT2D eigenvalue weighted by Crippen LogP contribution is -2.28. The molecule has 0 aliphatic carbocycles. The average Bonchev–Trinajstić information content (AvgIpc) is 3.39. The lowest BCUT2D eigenvalue weighted by Gasteiger charge is -2.15. The molecule has 7 nitrogen and oxygen atoms in total. The number of halogens is 2. The Morgan fingerprint density at radius 3 is 2.53 bits per heavy atom. The smallest absolute Gasteiger partial charge is 0.225 e. The molecule has 0 fully saturated rings. The van der Waals surface area contributed by atoms with E-state index in [1.807, 2.05) is 51.1 Å². The van der Waals surface area contributed by atoms with Gasteiger partial charge >= 0.3 is 0 Å². The molecule has 1 unspecified atom stereocenters. The number of hydrogen-bond donors (Lipinski definition) is 1. The Balaban J connectivity index is 1.46. The highest BCUT2D eigenvalue weighted by molar-refractivity contribution is 6.35. The highest BCUT2D eigenvalue weighted by Gasteiger charge is 2.19. The molecule has 0 aliphatic heterocycles. The number of aryl methyl sites for hydroxylation is 1. The van der Waals surface area contributed by atoms with Crippen LogP contribution in [0.4, 0.5) is 0 Å². The topological polar surface area (TPSA) is 77.6 Å². The van der Waals surface area contributed by atoms with Gasteiger partial charge in [0.25, 0.3) is 0 Å². The molecule has 2 heterocycles. The quantitative estimate of drug-likeness (QED) is 0.440. The van der Waals surface area contributed by atoms with Crippen molar-refractivity contribution in [2.24, 2.45) is 0 Å². The second-order valence-corrected chi connectivity index (χ2v) is 8.40. The number of nitrogens with one attached hydrogen (secondary N) is 1. The van der Waals surface area contributed by atoms with Gasteiger partial charge in [0.1, 0.15) is 12.7 Å². The molecule has 0 radical (unpaired) electrons. The lowest BCUT2D eigenvalue weighted by atomic mass is 10.1. The maximum atomic E-state index is 12.8. The maximum Gasteiger partial charge on any atom is 0.225 e. The van der Waals surface area contributed by atoms with E-state index in [0.29, 0.717) is 10.0 Å². The molecule has 0 spiro atoms. The highest BCUT2D eigenvalue weighted by Crippen LogP contribution is 2.27. The Hall–Kier alpha value is -3.16. The monoisotopic (exact) mass is 468 g/mol. The molecule has 0 aliphatic rings. The largest absolute Gasteiger partial charge is 0.349 e. The van der Waals surface area contributed by atoms with Crippen LogP contribution in [0, 0.1) is 13.8 Å². The standard InChI is InChI=1S/C23H22Cl2N6O/c1-14(17-4-7-19(8-5-17)30-13-26-12-27-30)28-23(32)11-20-15(2)29-31(16(20)3)22-9-6-18(24)10-21(22)25/h4-10,12-14H,11H2,1-3H3,(H,28,32). The van der Waals surface area contributed by atoms with Crippen LogP contribution >= 0.6 is 23.2 Å². The van der Waals surface area contributed by atoms with Crippen LogP contribution < -0.4 is 5.32 Å². The van der Waals surface area contributed by atoms with Crippen molar-refractivity contribution in [3.8, 4) is 11.4 Å². The first-order chi connectivity index (χ1) is 15.3. The zero-order valence-electron chi connectivity index (χ0n) is 17.9. The maximum absolute atomic E-state index is 12.8. The molecule has 0 saturated carbocycles. The second-order valence-electron chi connectivity index (χ2n) is 7.55. The first-order valence-corrected chi connectivity index (χ1v) is 10.8. The third-order valence-electron chi connectivity index (χ3n) is 5.37. The van der Waals surface area contributed by atoms with E-state index in [1.165, 1.54) is 6.33 Å². The molecule has 1 amide bonds. The molecule has 2 aromatic carbocycles. The van der Waals surface area contributed by atoms with Gasteiger partial charge in [-0.25, -0.2) is 14.3 Å². The fraction of sp³-hybridized carbons (Fsp3) is 0.217. The minimum Gasteiger partial charge on any atom is -0.349 e. The minimum absolute atomic E-state index is 0.0780. The van der Waals surface area contributed by atoms with Crippen LogP contribution in [0.3, 0.4) is 0 Å². The number of aromatic nitrogens is 5. The lowest BCUT2D eigenvalue weighted by molar-refractivity contribution is -0.121. The summed E-state index contributed by atoms with van der Waals surface area (Å²) in [5, 5.41) is 12.8. The van der Waals surface area contributed by atoms with Crippen LogP contribution in [-0.4, -0.2) is 30.5 Å². The molecular weight excluding hydrogens is 447 g/mol. The summed E-state index contributed by atoms with van der Waals surface area (Å²) in [7, 11) is 0. The average molecular weight is 469 g/mol. The zero-order chi connectivity index (χ0) is 22.8. The summed E-state index contributed by atoms with van der Waals surface area (Å²) in [6.07, 6.45) is 3.36. The molecule has 164 valence electrons. The molecule has 9 heteroatoms. The fourth-order valence-corrected chi connectivity index (χ4v) is 4.10. The molecule has 32 heavy (non-hydrogen) atoms. The van der Waals surface area contributed by atoms with Crippen molar-refractivity contribution in [1.29, 1.82) is 0 Å². The number of rotatable bonds is 6. The molecule has 1 atom stereocenters. The van der Waals surface area contributed by atoms with Crippen LogP contribution in [0.1, 0.15) is 35.5 Å². The molecule has 1 N–H and O–H groups in total. The Kier molecular flexibility index (Phi) is 6.30. The summed E-state index contributed by atoms with van der Waals surface area (Å²) < 4.78 is 3.44. The van der Waals surface area contributed by atoms with E-state index >= 15 is 0 Å². The van der Waals surface area contributed by atoms with Crippen LogP contribution in [0.5, 0.6) is 0 Å². The van der Waals surface area contributed by atoms with Crippen molar-refractivity contribution in [3.63, 3.8) is 0 Å². The van der Waals surface area contributed by atoms with Gasteiger partial charge in [-0.2, -0.15) is 10.2 Å². The fourth-order valence-electron chi connectivity index (χ4n) is 3.61. The number of carbonyl (C=O) groups excluding carboxylic acids is 1. The van der Waals surface area contributed by atoms with Gasteiger partial charge in [0.15, 0.2) is 0 Å². The summed E-state index contributed by atoms with van der Waals surface area (Å²) in [6.45, 7) is 5.78. The minimum atomic E-state index is -0.145. The van der Waals surface area contributed by atoms with Gasteiger partial charge in [-0.3, -0.25) is 4.79 Å². The van der Waals surface area contributed by atoms with Gasteiger partial charge in [0, 0.05) is 16.3 Å². The van der Waals surface area contributed by atoms with E-state index in [9.17, 15) is 4.79 Å². The van der Waals surface area contributed by atoms with Gasteiger partial charge in [-0.1, -0.05) is 35.3 Å². The van der Waals surface area contributed by atoms with E-state index in [-0.39, 0.29) is 18.4 Å². The number of amides is 1. The highest BCUT2D eigenvalue weighted by atomic mass is 35.5. The second kappa shape index (κ2) is 9.14. The van der Waals surface area contributed by atoms with Crippen molar-refractivity contribution >= 4 is 29.1 Å². The third kappa shape index (κ3) is 4.54. The summed E-state index contributed by atoms with van der Waals surface area (Å²) >= 11 is 12.4. The van der Waals surface area contributed by atoms with E-state index in [2.05, 4.69) is 20.5 Å². The molecule has 0 bridgehead atoms. The summed E-state index contributed by atoms with van der Waals surface area (Å²) in [6, 6.07) is 12.9. The van der Waals surface area contributed by atoms with E-state index in [4.69, 9.17) is 23.2 Å². The Morgan fingerprint density at radius 1 is 1.12 bits per heavy atom. The summed E-state index contributed by atoms with van der Waals surface area (Å²) in [5.41, 5.74) is 5.16. The van der Waals surface area contributed by atoms with Gasteiger partial charge < -0.3 is 5.32 Å². The number of nitrogens with zero attached hydrogens (tertiary/aromatic N) is 5. The molecule has 0 saturated heterocycles. The molecule has 4 aromatic rings. The van der Waals surface area contributed by atoms with Crippen molar-refractivity contribution in [2.45, 2.75) is 33.2 Å². The predicted molar refractivity (Wildman–Crippen MR) is 125 cm³/mol. The van der Waals surface area contributed by atoms with Crippen molar-refractivity contribution in [3.05, 3.63) is 87.7 Å².